The van der Waals surface area contributed by atoms with E-state index in [1.165, 1.54) is 93.9 Å². The van der Waals surface area contributed by atoms with Crippen molar-refractivity contribution in [3.8, 4) is 11.8 Å². The fraction of sp³-hybridized carbons (Fsp3) is 0.226. The average molecular weight is 667 g/mol. The Hall–Kier alpha value is -4.84. The van der Waals surface area contributed by atoms with Gasteiger partial charge >= 0.3 is 0 Å². The lowest BCUT2D eigenvalue weighted by Crippen LogP contribution is -2.51. The van der Waals surface area contributed by atoms with E-state index >= 15 is 8.78 Å². The molecule has 1 N–H and O–H groups in total. The van der Waals surface area contributed by atoms with E-state index < -0.39 is 39.8 Å². The van der Waals surface area contributed by atoms with Crippen LogP contribution >= 0.6 is 11.6 Å². The van der Waals surface area contributed by atoms with Crippen LogP contribution in [0.3, 0.4) is 0 Å². The summed E-state index contributed by atoms with van der Waals surface area (Å²) in [7, 11) is -2.27. The molecule has 3 heterocycles. The van der Waals surface area contributed by atoms with Crippen molar-refractivity contribution in [3.63, 3.8) is 0 Å². The summed E-state index contributed by atoms with van der Waals surface area (Å²) in [6.45, 7) is -0.0617. The molecule has 1 aromatic heterocycles. The number of amides is 2. The highest BCUT2D eigenvalue weighted by atomic mass is 35.5. The van der Waals surface area contributed by atoms with E-state index in [1.807, 2.05) is 6.07 Å². The van der Waals surface area contributed by atoms with Crippen molar-refractivity contribution in [1.29, 1.82) is 5.26 Å². The van der Waals surface area contributed by atoms with Gasteiger partial charge in [-0.1, -0.05) is 35.9 Å². The molecule has 2 atom stereocenters. The molecule has 1 fully saturated rings. The number of hydrogen-bond acceptors (Lipinski definition) is 7. The molecule has 2 aliphatic heterocycles. The standard InChI is InChI=1S/C31H25ClF2N6O5S/c1-45-27-12-3-18(13-19(27)14-35)29(41)37-24-15-36-40-26-17-38(46(2,43)44)16-25(26)39(30(42)28(24)40)23-10-6-21(7-11-23)31(33,34)20-4-8-22(32)9-5-20/h3-13,15,25-26H,16-17H2,1-2H3,(H,37,41)/t25-,26+/m0/s1. The number of sulfonamides is 1. The topological polar surface area (TPSA) is 138 Å². The number of carbonyl (C=O) groups excluding carboxylic acids is 2. The molecule has 236 valence electrons. The number of benzene rings is 3. The van der Waals surface area contributed by atoms with Gasteiger partial charge in [0.2, 0.25) is 10.0 Å². The highest BCUT2D eigenvalue weighted by molar-refractivity contribution is 7.88. The molecule has 0 unspecified atom stereocenters. The van der Waals surface area contributed by atoms with Crippen molar-refractivity contribution >= 4 is 44.8 Å². The number of rotatable bonds is 7. The number of carbonyl (C=O) groups is 2. The van der Waals surface area contributed by atoms with E-state index in [1.54, 1.807) is 0 Å². The number of alkyl halides is 2. The summed E-state index contributed by atoms with van der Waals surface area (Å²) in [4.78, 5) is 28.7. The summed E-state index contributed by atoms with van der Waals surface area (Å²) in [5, 5.41) is 16.7. The van der Waals surface area contributed by atoms with Gasteiger partial charge in [-0.15, -0.1) is 0 Å². The second-order valence-corrected chi connectivity index (χ2v) is 13.3. The zero-order valence-corrected chi connectivity index (χ0v) is 25.9. The van der Waals surface area contributed by atoms with Gasteiger partial charge in [-0.05, 0) is 42.5 Å². The lowest BCUT2D eigenvalue weighted by atomic mass is 9.99. The van der Waals surface area contributed by atoms with Gasteiger partial charge in [0.15, 0.2) is 5.69 Å². The fourth-order valence-electron chi connectivity index (χ4n) is 5.78. The van der Waals surface area contributed by atoms with Crippen LogP contribution in [0.4, 0.5) is 20.2 Å². The minimum Gasteiger partial charge on any atom is -0.495 e. The van der Waals surface area contributed by atoms with E-state index in [4.69, 9.17) is 16.3 Å². The second-order valence-electron chi connectivity index (χ2n) is 10.9. The van der Waals surface area contributed by atoms with Crippen LogP contribution in [0, 0.1) is 11.3 Å². The molecule has 15 heteroatoms. The first-order valence-corrected chi connectivity index (χ1v) is 16.1. The minimum absolute atomic E-state index is 0.00786. The smallest absolute Gasteiger partial charge is 0.298 e. The largest absolute Gasteiger partial charge is 0.495 e. The molecule has 0 saturated carbocycles. The third kappa shape index (κ3) is 5.36. The molecule has 11 nitrogen and oxygen atoms in total. The van der Waals surface area contributed by atoms with E-state index in [0.717, 1.165) is 6.26 Å². The number of nitrogens with one attached hydrogen (secondary N) is 1. The van der Waals surface area contributed by atoms with Gasteiger partial charge in [0, 0.05) is 40.5 Å². The Bertz CT molecular complexity index is 2010. The molecule has 1 saturated heterocycles. The van der Waals surface area contributed by atoms with Gasteiger partial charge in [0.05, 0.1) is 42.9 Å². The van der Waals surface area contributed by atoms with Crippen molar-refractivity contribution in [1.82, 2.24) is 14.1 Å². The first kappa shape index (κ1) is 31.2. The zero-order valence-electron chi connectivity index (χ0n) is 24.3. The summed E-state index contributed by atoms with van der Waals surface area (Å²) >= 11 is 5.86. The van der Waals surface area contributed by atoms with Crippen LogP contribution in [-0.4, -0.2) is 66.8 Å². The van der Waals surface area contributed by atoms with Gasteiger partial charge in [0.1, 0.15) is 11.8 Å². The van der Waals surface area contributed by atoms with Crippen LogP contribution in [0.2, 0.25) is 5.02 Å². The molecule has 0 bridgehead atoms. The number of aromatic nitrogens is 2. The maximum absolute atomic E-state index is 15.4. The van der Waals surface area contributed by atoms with E-state index in [9.17, 15) is 23.3 Å². The molecule has 0 spiro atoms. The average Bonchev–Trinajstić information content (AvgIpc) is 3.66. The summed E-state index contributed by atoms with van der Waals surface area (Å²) in [6.07, 6.45) is 2.35. The Kier molecular flexibility index (Phi) is 7.79. The van der Waals surface area contributed by atoms with Gasteiger partial charge in [-0.3, -0.25) is 14.3 Å². The first-order valence-electron chi connectivity index (χ1n) is 13.8. The molecule has 3 aromatic carbocycles. The molecular weight excluding hydrogens is 642 g/mol. The highest BCUT2D eigenvalue weighted by Gasteiger charge is 2.50. The van der Waals surface area contributed by atoms with Gasteiger partial charge in [-0.25, -0.2) is 8.42 Å². The Morgan fingerprint density at radius 1 is 1.07 bits per heavy atom. The Morgan fingerprint density at radius 2 is 1.70 bits per heavy atom. The molecule has 6 rings (SSSR count). The van der Waals surface area contributed by atoms with E-state index in [-0.39, 0.29) is 58.2 Å². The lowest BCUT2D eigenvalue weighted by molar-refractivity contribution is 0.0428. The summed E-state index contributed by atoms with van der Waals surface area (Å²) < 4.78 is 63.5. The number of hydrogen-bond donors (Lipinski definition) is 1. The number of nitriles is 1. The number of fused-ring (bicyclic) bond motifs is 3. The van der Waals surface area contributed by atoms with Crippen LogP contribution in [-0.2, 0) is 15.9 Å². The van der Waals surface area contributed by atoms with Crippen molar-refractivity contribution < 1.29 is 31.5 Å². The van der Waals surface area contributed by atoms with Crippen LogP contribution in [0.15, 0.2) is 72.9 Å². The monoisotopic (exact) mass is 666 g/mol. The van der Waals surface area contributed by atoms with Gasteiger partial charge in [-0.2, -0.15) is 23.4 Å². The summed E-state index contributed by atoms with van der Waals surface area (Å²) in [5.41, 5.74) is -0.0410. The van der Waals surface area contributed by atoms with Crippen molar-refractivity contribution in [2.45, 2.75) is 18.0 Å². The van der Waals surface area contributed by atoms with Gasteiger partial charge in [0.25, 0.3) is 17.7 Å². The SMILES string of the molecule is COc1ccc(C(=O)Nc2cnn3c2C(=O)N(c2ccc(C(F)(F)c4ccc(Cl)cc4)cc2)[C@H]2CN(S(C)(=O)=O)C[C@H]23)cc1C#N. The maximum atomic E-state index is 15.4. The van der Waals surface area contributed by atoms with E-state index in [0.29, 0.717) is 5.02 Å². The predicted octanol–water partition coefficient (Wildman–Crippen LogP) is 4.65. The quantitative estimate of drug-likeness (QED) is 0.303. The van der Waals surface area contributed by atoms with Crippen molar-refractivity contribution in [2.24, 2.45) is 0 Å². The van der Waals surface area contributed by atoms with E-state index in [2.05, 4.69) is 10.4 Å². The molecule has 2 amide bonds. The predicted molar refractivity (Wildman–Crippen MR) is 165 cm³/mol. The summed E-state index contributed by atoms with van der Waals surface area (Å²) in [5.74, 6) is -4.32. The number of anilines is 2. The van der Waals surface area contributed by atoms with Crippen LogP contribution in [0.1, 0.15) is 43.6 Å². The van der Waals surface area contributed by atoms with Crippen LogP contribution in [0.5, 0.6) is 5.75 Å². The van der Waals surface area contributed by atoms with Crippen molar-refractivity contribution in [3.05, 3.63) is 106 Å². The van der Waals surface area contributed by atoms with Crippen molar-refractivity contribution in [2.75, 3.05) is 36.7 Å². The zero-order chi connectivity index (χ0) is 33.0. The normalized spacial score (nSPS) is 18.1. The number of ether oxygens (including phenoxy) is 1. The van der Waals surface area contributed by atoms with Crippen LogP contribution < -0.4 is 15.0 Å². The number of halogens is 3. The first-order chi connectivity index (χ1) is 21.8. The Labute approximate surface area is 267 Å². The third-order valence-corrected chi connectivity index (χ3v) is 9.59. The minimum atomic E-state index is -3.67. The van der Waals surface area contributed by atoms with Gasteiger partial charge < -0.3 is 15.0 Å². The fourth-order valence-corrected chi connectivity index (χ4v) is 6.75. The Morgan fingerprint density at radius 3 is 2.30 bits per heavy atom. The molecule has 46 heavy (non-hydrogen) atoms. The molecular formula is C31H25ClF2N6O5S. The summed E-state index contributed by atoms with van der Waals surface area (Å²) in [6, 6.07) is 15.2. The second kappa shape index (κ2) is 11.5. The lowest BCUT2D eigenvalue weighted by Gasteiger charge is -2.37. The Balaban J connectivity index is 1.36. The van der Waals surface area contributed by atoms with Crippen LogP contribution in [0.25, 0.3) is 0 Å². The number of nitrogens with zero attached hydrogens (tertiary/aromatic N) is 5. The molecule has 0 radical (unpaired) electrons. The number of methoxy groups -OCH3 is 1. The molecule has 2 aliphatic rings. The third-order valence-electron chi connectivity index (χ3n) is 8.10. The molecule has 4 aromatic rings. The highest BCUT2D eigenvalue weighted by Crippen LogP contribution is 2.41. The molecule has 0 aliphatic carbocycles. The maximum Gasteiger partial charge on any atom is 0.298 e.